The zero-order chi connectivity index (χ0) is 36.3. The smallest absolute Gasteiger partial charge is 0.145 e. The summed E-state index contributed by atoms with van der Waals surface area (Å²) >= 11 is 1.86. The number of benzene rings is 9. The highest BCUT2D eigenvalue weighted by molar-refractivity contribution is 7.26. The van der Waals surface area contributed by atoms with Gasteiger partial charge in [-0.25, -0.2) is 0 Å². The van der Waals surface area contributed by atoms with Crippen molar-refractivity contribution in [1.29, 1.82) is 0 Å². The summed E-state index contributed by atoms with van der Waals surface area (Å²) in [5, 5.41) is 7.21. The van der Waals surface area contributed by atoms with Crippen molar-refractivity contribution in [2.24, 2.45) is 0 Å². The molecule has 0 aliphatic rings. The molecular weight excluding hydrogens is 687 g/mol. The van der Waals surface area contributed by atoms with E-state index in [1.807, 2.05) is 11.3 Å². The zero-order valence-corrected chi connectivity index (χ0v) is 30.6. The van der Waals surface area contributed by atoms with Crippen LogP contribution in [0.2, 0.25) is 0 Å². The fourth-order valence-corrected chi connectivity index (χ4v) is 9.53. The summed E-state index contributed by atoms with van der Waals surface area (Å²) in [6, 6.07) is 72.0. The lowest BCUT2D eigenvalue weighted by Gasteiger charge is -2.27. The Bertz CT molecular complexity index is 3190. The first-order valence-corrected chi connectivity index (χ1v) is 19.5. The highest BCUT2D eigenvalue weighted by Gasteiger charge is 2.24. The van der Waals surface area contributed by atoms with Crippen molar-refractivity contribution >= 4 is 81.3 Å². The van der Waals surface area contributed by atoms with Crippen LogP contribution < -0.4 is 4.90 Å². The molecule has 0 saturated carbocycles. The van der Waals surface area contributed by atoms with Crippen LogP contribution in [0.15, 0.2) is 205 Å². The second-order valence-electron chi connectivity index (χ2n) is 14.0. The van der Waals surface area contributed by atoms with Gasteiger partial charge < -0.3 is 9.32 Å². The van der Waals surface area contributed by atoms with Crippen molar-refractivity contribution in [3.63, 3.8) is 0 Å². The van der Waals surface area contributed by atoms with Gasteiger partial charge in [0.25, 0.3) is 0 Å². The SMILES string of the molecule is c1ccc(-c2ccc3c(c2)sc2c(N(c4ccc(-c5cccc6ccccc56)cc4)c4ccc(-c5ccccc5)c5oc6ccccc6c45)cccc23)cc1. The maximum absolute atomic E-state index is 6.79. The number of furan rings is 1. The third-order valence-corrected chi connectivity index (χ3v) is 12.1. The molecule has 0 N–H and O–H groups in total. The van der Waals surface area contributed by atoms with Crippen LogP contribution in [0.4, 0.5) is 17.1 Å². The van der Waals surface area contributed by atoms with Gasteiger partial charge in [-0.05, 0) is 81.1 Å². The minimum absolute atomic E-state index is 0.877. The van der Waals surface area contributed by atoms with Crippen LogP contribution in [-0.4, -0.2) is 0 Å². The van der Waals surface area contributed by atoms with E-state index in [0.29, 0.717) is 0 Å². The number of anilines is 3. The van der Waals surface area contributed by atoms with Crippen molar-refractivity contribution in [2.75, 3.05) is 4.90 Å². The minimum Gasteiger partial charge on any atom is -0.455 e. The summed E-state index contributed by atoms with van der Waals surface area (Å²) in [4.78, 5) is 2.45. The van der Waals surface area contributed by atoms with E-state index >= 15 is 0 Å². The Kier molecular flexibility index (Phi) is 7.39. The normalized spacial score (nSPS) is 11.6. The zero-order valence-electron chi connectivity index (χ0n) is 29.8. The second-order valence-corrected chi connectivity index (χ2v) is 15.1. The van der Waals surface area contributed by atoms with Crippen LogP contribution in [0.25, 0.3) is 86.3 Å². The molecule has 55 heavy (non-hydrogen) atoms. The molecule has 0 radical (unpaired) electrons. The molecule has 0 atom stereocenters. The van der Waals surface area contributed by atoms with Gasteiger partial charge in [0.1, 0.15) is 11.2 Å². The number of fused-ring (bicyclic) bond motifs is 7. The Hall–Kier alpha value is -6.94. The summed E-state index contributed by atoms with van der Waals surface area (Å²) < 4.78 is 9.30. The molecule has 0 fully saturated rings. The van der Waals surface area contributed by atoms with Gasteiger partial charge in [-0.3, -0.25) is 0 Å². The van der Waals surface area contributed by atoms with E-state index in [1.54, 1.807) is 0 Å². The average Bonchev–Trinajstić information content (AvgIpc) is 3.84. The molecule has 0 spiro atoms. The highest BCUT2D eigenvalue weighted by atomic mass is 32.1. The highest BCUT2D eigenvalue weighted by Crippen LogP contribution is 2.50. The predicted octanol–water partition coefficient (Wildman–Crippen LogP) is 15.6. The number of para-hydroxylation sites is 1. The minimum atomic E-state index is 0.877. The fraction of sp³-hybridized carbons (Fsp3) is 0. The van der Waals surface area contributed by atoms with E-state index in [2.05, 4.69) is 205 Å². The predicted molar refractivity (Wildman–Crippen MR) is 235 cm³/mol. The van der Waals surface area contributed by atoms with Crippen molar-refractivity contribution < 1.29 is 4.42 Å². The molecular formula is C52H33NOS. The van der Waals surface area contributed by atoms with Crippen LogP contribution >= 0.6 is 11.3 Å². The first-order chi connectivity index (χ1) is 27.3. The fourth-order valence-electron chi connectivity index (χ4n) is 8.29. The first-order valence-electron chi connectivity index (χ1n) is 18.7. The Morgan fingerprint density at radius 3 is 1.89 bits per heavy atom. The summed E-state index contributed by atoms with van der Waals surface area (Å²) in [5.74, 6) is 0. The average molecular weight is 720 g/mol. The van der Waals surface area contributed by atoms with Crippen LogP contribution in [0, 0.1) is 0 Å². The van der Waals surface area contributed by atoms with Gasteiger partial charge in [-0.1, -0.05) is 158 Å². The lowest BCUT2D eigenvalue weighted by molar-refractivity contribution is 0.670. The number of rotatable bonds is 6. The molecule has 0 unspecified atom stereocenters. The van der Waals surface area contributed by atoms with Crippen molar-refractivity contribution in [1.82, 2.24) is 0 Å². The molecule has 11 rings (SSSR count). The molecule has 9 aromatic carbocycles. The Morgan fingerprint density at radius 1 is 0.400 bits per heavy atom. The molecule has 0 bridgehead atoms. The molecule has 2 heterocycles. The number of hydrogen-bond donors (Lipinski definition) is 0. The van der Waals surface area contributed by atoms with E-state index in [1.165, 1.54) is 53.2 Å². The number of hydrogen-bond acceptors (Lipinski definition) is 3. The van der Waals surface area contributed by atoms with Crippen LogP contribution in [0.5, 0.6) is 0 Å². The Labute approximate surface area is 322 Å². The lowest BCUT2D eigenvalue weighted by atomic mass is 9.97. The largest absolute Gasteiger partial charge is 0.455 e. The number of nitrogens with zero attached hydrogens (tertiary/aromatic N) is 1. The summed E-state index contributed by atoms with van der Waals surface area (Å²) in [5.41, 5.74) is 12.1. The molecule has 258 valence electrons. The van der Waals surface area contributed by atoms with Gasteiger partial charge >= 0.3 is 0 Å². The van der Waals surface area contributed by atoms with Crippen LogP contribution in [0.1, 0.15) is 0 Å². The van der Waals surface area contributed by atoms with E-state index in [4.69, 9.17) is 4.42 Å². The Morgan fingerprint density at radius 2 is 1.05 bits per heavy atom. The molecule has 0 saturated heterocycles. The third kappa shape index (κ3) is 5.24. The van der Waals surface area contributed by atoms with E-state index in [9.17, 15) is 0 Å². The molecule has 0 aliphatic carbocycles. The molecule has 0 amide bonds. The molecule has 11 aromatic rings. The topological polar surface area (TPSA) is 16.4 Å². The van der Waals surface area contributed by atoms with Crippen molar-refractivity contribution in [3.8, 4) is 33.4 Å². The molecule has 0 aliphatic heterocycles. The van der Waals surface area contributed by atoms with Crippen molar-refractivity contribution in [3.05, 3.63) is 200 Å². The van der Waals surface area contributed by atoms with Gasteiger partial charge in [0, 0.05) is 32.1 Å². The van der Waals surface area contributed by atoms with Gasteiger partial charge in [0.2, 0.25) is 0 Å². The monoisotopic (exact) mass is 719 g/mol. The Balaban J connectivity index is 1.17. The lowest BCUT2D eigenvalue weighted by Crippen LogP contribution is -2.10. The summed E-state index contributed by atoms with van der Waals surface area (Å²) in [6.45, 7) is 0. The van der Waals surface area contributed by atoms with Gasteiger partial charge in [-0.2, -0.15) is 0 Å². The third-order valence-electron chi connectivity index (χ3n) is 10.9. The van der Waals surface area contributed by atoms with Gasteiger partial charge in [0.05, 0.1) is 21.5 Å². The maximum Gasteiger partial charge on any atom is 0.145 e. The van der Waals surface area contributed by atoms with E-state index in [0.717, 1.165) is 50.1 Å². The number of thiophene rings is 1. The molecule has 2 aromatic heterocycles. The van der Waals surface area contributed by atoms with Crippen molar-refractivity contribution in [2.45, 2.75) is 0 Å². The van der Waals surface area contributed by atoms with Gasteiger partial charge in [0.15, 0.2) is 0 Å². The summed E-state index contributed by atoms with van der Waals surface area (Å²) in [7, 11) is 0. The van der Waals surface area contributed by atoms with E-state index < -0.39 is 0 Å². The maximum atomic E-state index is 6.79. The van der Waals surface area contributed by atoms with Crippen LogP contribution in [0.3, 0.4) is 0 Å². The van der Waals surface area contributed by atoms with E-state index in [-0.39, 0.29) is 0 Å². The molecule has 3 heteroatoms. The quantitative estimate of drug-likeness (QED) is 0.170. The van der Waals surface area contributed by atoms with Gasteiger partial charge in [-0.15, -0.1) is 11.3 Å². The second kappa shape index (κ2) is 12.9. The molecule has 2 nitrogen and oxygen atoms in total. The first kappa shape index (κ1) is 31.6. The summed E-state index contributed by atoms with van der Waals surface area (Å²) in [6.07, 6.45) is 0. The van der Waals surface area contributed by atoms with Crippen LogP contribution in [-0.2, 0) is 0 Å². The standard InChI is InChI=1S/C52H33NOS/c1-3-13-34(14-4-1)38-27-30-43-44-22-12-23-47(52(44)55-49(43)33-38)53(39-28-25-37(26-29-39)41-21-11-18-35-17-7-8-19-40(35)41)46-32-31-42(36-15-5-2-6-16-36)51-50(46)45-20-9-10-24-48(45)54-51/h1-33H.